The summed E-state index contributed by atoms with van der Waals surface area (Å²) in [5, 5.41) is 4.12. The number of carbonyl (C=O) groups is 2. The van der Waals surface area contributed by atoms with Crippen molar-refractivity contribution in [2.24, 2.45) is 0 Å². The van der Waals surface area contributed by atoms with Crippen LogP contribution in [0.1, 0.15) is 15.2 Å². The number of anilines is 1. The van der Waals surface area contributed by atoms with Crippen molar-refractivity contribution in [2.45, 2.75) is 11.8 Å². The van der Waals surface area contributed by atoms with Crippen LogP contribution in [0.4, 0.5) is 5.69 Å². The van der Waals surface area contributed by atoms with Crippen LogP contribution in [-0.4, -0.2) is 45.3 Å². The van der Waals surface area contributed by atoms with Crippen molar-refractivity contribution >= 4 is 38.9 Å². The van der Waals surface area contributed by atoms with Crippen LogP contribution in [0.25, 0.3) is 0 Å². The summed E-state index contributed by atoms with van der Waals surface area (Å²) >= 11 is 0.968. The highest BCUT2D eigenvalue weighted by molar-refractivity contribution is 7.89. The van der Waals surface area contributed by atoms with Crippen LogP contribution in [0.2, 0.25) is 0 Å². The van der Waals surface area contributed by atoms with Crippen molar-refractivity contribution in [3.05, 3.63) is 46.2 Å². The molecular weight excluding hydrogens is 364 g/mol. The molecule has 0 saturated carbocycles. The summed E-state index contributed by atoms with van der Waals surface area (Å²) in [6.07, 6.45) is 0. The van der Waals surface area contributed by atoms with Gasteiger partial charge in [-0.3, -0.25) is 4.79 Å². The van der Waals surface area contributed by atoms with E-state index < -0.39 is 21.9 Å². The maximum atomic E-state index is 12.6. The molecule has 134 valence electrons. The first-order valence-corrected chi connectivity index (χ1v) is 9.56. The topological polar surface area (TPSA) is 92.8 Å². The SMILES string of the molecule is COC(=O)c1sccc1S(=O)(=O)N(C)CC(=O)Nc1ccc(C)cc1. The van der Waals surface area contributed by atoms with E-state index in [0.717, 1.165) is 21.2 Å². The molecule has 0 spiro atoms. The second-order valence-electron chi connectivity index (χ2n) is 5.28. The van der Waals surface area contributed by atoms with Crippen molar-refractivity contribution in [3.8, 4) is 0 Å². The van der Waals surface area contributed by atoms with Crippen LogP contribution in [0.15, 0.2) is 40.6 Å². The number of sulfonamides is 1. The second kappa shape index (κ2) is 7.77. The molecule has 2 rings (SSSR count). The number of amides is 1. The quantitative estimate of drug-likeness (QED) is 0.773. The number of thiophene rings is 1. The van der Waals surface area contributed by atoms with E-state index in [1.165, 1.54) is 25.6 Å². The Morgan fingerprint density at radius 3 is 2.44 bits per heavy atom. The zero-order valence-corrected chi connectivity index (χ0v) is 15.6. The number of likely N-dealkylation sites (N-methyl/N-ethyl adjacent to an activating group) is 1. The highest BCUT2D eigenvalue weighted by atomic mass is 32.2. The Labute approximate surface area is 150 Å². The molecule has 0 fully saturated rings. The molecule has 2 aromatic rings. The summed E-state index contributed by atoms with van der Waals surface area (Å²) in [4.78, 5) is 23.6. The summed E-state index contributed by atoms with van der Waals surface area (Å²) in [7, 11) is -1.54. The zero-order chi connectivity index (χ0) is 18.6. The van der Waals surface area contributed by atoms with Crippen molar-refractivity contribution < 1.29 is 22.7 Å². The molecule has 0 aliphatic carbocycles. The lowest BCUT2D eigenvalue weighted by atomic mass is 10.2. The maximum Gasteiger partial charge on any atom is 0.349 e. The van der Waals surface area contributed by atoms with Crippen molar-refractivity contribution in [2.75, 3.05) is 26.0 Å². The first-order valence-electron chi connectivity index (χ1n) is 7.24. The van der Waals surface area contributed by atoms with Gasteiger partial charge in [0, 0.05) is 12.7 Å². The predicted octanol–water partition coefficient (Wildman–Crippen LogP) is 2.10. The van der Waals surface area contributed by atoms with Crippen molar-refractivity contribution in [3.63, 3.8) is 0 Å². The molecule has 7 nitrogen and oxygen atoms in total. The Morgan fingerprint density at radius 1 is 1.20 bits per heavy atom. The van der Waals surface area contributed by atoms with Gasteiger partial charge >= 0.3 is 5.97 Å². The van der Waals surface area contributed by atoms with Gasteiger partial charge < -0.3 is 10.1 Å². The standard InChI is InChI=1S/C16H18N2O5S2/c1-11-4-6-12(7-5-11)17-14(19)10-18(2)25(21,22)13-8-9-24-15(13)16(20)23-3/h4-9H,10H2,1-3H3,(H,17,19). The molecule has 0 radical (unpaired) electrons. The van der Waals surface area contributed by atoms with Gasteiger partial charge in [-0.15, -0.1) is 11.3 Å². The van der Waals surface area contributed by atoms with Gasteiger partial charge in [0.15, 0.2) is 0 Å². The maximum absolute atomic E-state index is 12.6. The summed E-state index contributed by atoms with van der Waals surface area (Å²) in [6, 6.07) is 8.46. The van der Waals surface area contributed by atoms with Gasteiger partial charge in [0.25, 0.3) is 0 Å². The highest BCUT2D eigenvalue weighted by Crippen LogP contribution is 2.25. The Hall–Kier alpha value is -2.23. The third-order valence-electron chi connectivity index (χ3n) is 3.39. The van der Waals surface area contributed by atoms with Gasteiger partial charge in [0.2, 0.25) is 15.9 Å². The number of ether oxygens (including phenoxy) is 1. The molecule has 0 unspecified atom stereocenters. The van der Waals surface area contributed by atoms with Gasteiger partial charge in [-0.2, -0.15) is 4.31 Å². The lowest BCUT2D eigenvalue weighted by Crippen LogP contribution is -2.35. The summed E-state index contributed by atoms with van der Waals surface area (Å²) in [6.45, 7) is 1.54. The molecule has 1 amide bonds. The number of carbonyl (C=O) groups excluding carboxylic acids is 2. The number of methoxy groups -OCH3 is 1. The molecule has 1 aromatic heterocycles. The van der Waals surface area contributed by atoms with Crippen LogP contribution >= 0.6 is 11.3 Å². The number of nitrogens with zero attached hydrogens (tertiary/aromatic N) is 1. The molecule has 1 aromatic carbocycles. The predicted molar refractivity (Wildman–Crippen MR) is 95.3 cm³/mol. The lowest BCUT2D eigenvalue weighted by molar-refractivity contribution is -0.116. The number of nitrogens with one attached hydrogen (secondary N) is 1. The summed E-state index contributed by atoms with van der Waals surface area (Å²) in [5.41, 5.74) is 1.62. The first-order chi connectivity index (χ1) is 11.8. The summed E-state index contributed by atoms with van der Waals surface area (Å²) < 4.78 is 30.7. The third kappa shape index (κ3) is 4.44. The van der Waals surface area contributed by atoms with Crippen molar-refractivity contribution in [1.29, 1.82) is 0 Å². The fourth-order valence-corrected chi connectivity index (χ4v) is 4.47. The minimum atomic E-state index is -3.99. The fourth-order valence-electron chi connectivity index (χ4n) is 2.03. The normalized spacial score (nSPS) is 11.4. The molecule has 0 atom stereocenters. The number of benzene rings is 1. The molecule has 25 heavy (non-hydrogen) atoms. The van der Waals surface area contributed by atoms with E-state index >= 15 is 0 Å². The monoisotopic (exact) mass is 382 g/mol. The van der Waals surface area contributed by atoms with Gasteiger partial charge in [-0.25, -0.2) is 13.2 Å². The van der Waals surface area contributed by atoms with E-state index in [0.29, 0.717) is 5.69 Å². The van der Waals surface area contributed by atoms with Crippen LogP contribution in [0, 0.1) is 6.92 Å². The molecule has 1 heterocycles. The van der Waals surface area contributed by atoms with E-state index in [2.05, 4.69) is 10.1 Å². The van der Waals surface area contributed by atoms with Gasteiger partial charge in [-0.1, -0.05) is 17.7 Å². The number of esters is 1. The lowest BCUT2D eigenvalue weighted by Gasteiger charge is -2.17. The number of rotatable bonds is 6. The summed E-state index contributed by atoms with van der Waals surface area (Å²) in [5.74, 6) is -1.21. The average molecular weight is 382 g/mol. The van der Waals surface area contributed by atoms with Crippen LogP contribution in [0.3, 0.4) is 0 Å². The highest BCUT2D eigenvalue weighted by Gasteiger charge is 2.29. The number of aryl methyl sites for hydroxylation is 1. The van der Waals surface area contributed by atoms with Crippen molar-refractivity contribution in [1.82, 2.24) is 4.31 Å². The third-order valence-corrected chi connectivity index (χ3v) is 6.26. The van der Waals surface area contributed by atoms with Crippen LogP contribution < -0.4 is 5.32 Å². The Balaban J connectivity index is 2.12. The molecule has 0 aliphatic rings. The first kappa shape index (κ1) is 19.1. The Kier molecular flexibility index (Phi) is 5.93. The van der Waals surface area contributed by atoms with Gasteiger partial charge in [0.05, 0.1) is 13.7 Å². The van der Waals surface area contributed by atoms with E-state index in [1.54, 1.807) is 12.1 Å². The Morgan fingerprint density at radius 2 is 1.84 bits per heavy atom. The van der Waals surface area contributed by atoms with Crippen LogP contribution in [-0.2, 0) is 19.6 Å². The Bertz CT molecular complexity index is 872. The number of hydrogen-bond acceptors (Lipinski definition) is 6. The molecule has 0 bridgehead atoms. The fraction of sp³-hybridized carbons (Fsp3) is 0.250. The van der Waals surface area contributed by atoms with E-state index in [1.807, 2.05) is 19.1 Å². The number of hydrogen-bond donors (Lipinski definition) is 1. The minimum Gasteiger partial charge on any atom is -0.465 e. The second-order valence-corrected chi connectivity index (χ2v) is 8.21. The van der Waals surface area contributed by atoms with E-state index in [9.17, 15) is 18.0 Å². The van der Waals surface area contributed by atoms with Gasteiger partial charge in [0.1, 0.15) is 9.77 Å². The molecule has 1 N–H and O–H groups in total. The average Bonchev–Trinajstić information content (AvgIpc) is 3.06. The molecular formula is C16H18N2O5S2. The van der Waals surface area contributed by atoms with Gasteiger partial charge in [-0.05, 0) is 30.5 Å². The zero-order valence-electron chi connectivity index (χ0n) is 14.0. The molecule has 0 aliphatic heterocycles. The minimum absolute atomic E-state index is 0.0201. The molecule has 0 saturated heterocycles. The largest absolute Gasteiger partial charge is 0.465 e. The van der Waals surface area contributed by atoms with Crippen LogP contribution in [0.5, 0.6) is 0 Å². The van der Waals surface area contributed by atoms with E-state index in [4.69, 9.17) is 0 Å². The smallest absolute Gasteiger partial charge is 0.349 e. The molecule has 9 heteroatoms. The van der Waals surface area contributed by atoms with E-state index in [-0.39, 0.29) is 16.3 Å².